The zero-order valence-corrected chi connectivity index (χ0v) is 5.38. The summed E-state index contributed by atoms with van der Waals surface area (Å²) in [7, 11) is 0. The van der Waals surface area contributed by atoms with Crippen LogP contribution in [0.15, 0.2) is 10.2 Å². The number of epoxide rings is 1. The molecule has 1 heterocycles. The number of hydrogen-bond donors (Lipinski definition) is 0. The summed E-state index contributed by atoms with van der Waals surface area (Å²) < 4.78 is 6.84. The molecule has 0 aliphatic carbocycles. The van der Waals surface area contributed by atoms with E-state index in [1.165, 1.54) is 0 Å². The minimum Gasteiger partial charge on any atom is -0.369 e. The summed E-state index contributed by atoms with van der Waals surface area (Å²) in [6, 6.07) is 0. The van der Waals surface area contributed by atoms with E-state index in [1.54, 1.807) is 0 Å². The van der Waals surface area contributed by atoms with Gasteiger partial charge in [0.15, 0.2) is 0 Å². The smallest absolute Gasteiger partial charge is 0.0998 e. The monoisotopic (exact) mass is 196 g/mol. The maximum Gasteiger partial charge on any atom is 0.0998 e. The van der Waals surface area contributed by atoms with E-state index in [0.29, 0.717) is 6.10 Å². The van der Waals surface area contributed by atoms with Gasteiger partial charge in [-0.15, -0.1) is 0 Å². The topological polar surface area (TPSA) is 12.5 Å². The van der Waals surface area contributed by atoms with Crippen molar-refractivity contribution >= 4 is 22.6 Å². The Kier molecular flexibility index (Phi) is 1.48. The zero-order chi connectivity index (χ0) is 4.41. The highest BCUT2D eigenvalue weighted by Gasteiger charge is 2.17. The van der Waals surface area contributed by atoms with E-state index in [0.717, 1.165) is 6.61 Å². The highest BCUT2D eigenvalue weighted by Crippen LogP contribution is 2.10. The molecular weight excluding hydrogens is 191 g/mol. The van der Waals surface area contributed by atoms with Crippen LogP contribution in [0.2, 0.25) is 0 Å². The van der Waals surface area contributed by atoms with Crippen LogP contribution in [0.3, 0.4) is 0 Å². The molecule has 0 N–H and O–H groups in total. The Labute approximate surface area is 50.5 Å². The van der Waals surface area contributed by atoms with E-state index in [-0.39, 0.29) is 0 Å². The first-order valence-electron chi connectivity index (χ1n) is 1.82. The summed E-state index contributed by atoms with van der Waals surface area (Å²) in [5, 5.41) is 0. The average molecular weight is 196 g/mol. The Morgan fingerprint density at radius 3 is 2.67 bits per heavy atom. The van der Waals surface area contributed by atoms with Gasteiger partial charge >= 0.3 is 0 Å². The van der Waals surface area contributed by atoms with Gasteiger partial charge in [-0.1, -0.05) is 22.6 Å². The minimum atomic E-state index is 0.460. The van der Waals surface area contributed by atoms with Crippen molar-refractivity contribution in [3.05, 3.63) is 10.2 Å². The number of hydrogen-bond acceptors (Lipinski definition) is 1. The van der Waals surface area contributed by atoms with Crippen LogP contribution in [-0.4, -0.2) is 12.7 Å². The molecule has 1 fully saturated rings. The summed E-state index contributed by atoms with van der Waals surface area (Å²) >= 11 is 2.18. The van der Waals surface area contributed by atoms with Crippen molar-refractivity contribution in [3.8, 4) is 0 Å². The third kappa shape index (κ3) is 1.26. The first kappa shape index (κ1) is 4.59. The number of ether oxygens (including phenoxy) is 1. The van der Waals surface area contributed by atoms with Gasteiger partial charge in [0, 0.05) is 0 Å². The molecule has 1 unspecified atom stereocenters. The third-order valence-corrected chi connectivity index (χ3v) is 1.06. The fourth-order valence-electron chi connectivity index (χ4n) is 0.248. The lowest BCUT2D eigenvalue weighted by atomic mass is 10.5. The Hall–Kier alpha value is 0.430. The largest absolute Gasteiger partial charge is 0.369 e. The zero-order valence-electron chi connectivity index (χ0n) is 3.23. The standard InChI is InChI=1S/C4H5IO/c5-2-1-4-3-6-4/h1-2,4H,3H2/b2-1+. The van der Waals surface area contributed by atoms with Gasteiger partial charge in [-0.25, -0.2) is 0 Å². The van der Waals surface area contributed by atoms with Crippen molar-refractivity contribution in [1.29, 1.82) is 0 Å². The Morgan fingerprint density at radius 2 is 2.50 bits per heavy atom. The molecular formula is C4H5IO. The summed E-state index contributed by atoms with van der Waals surface area (Å²) in [4.78, 5) is 0. The number of rotatable bonds is 1. The molecule has 1 atom stereocenters. The van der Waals surface area contributed by atoms with E-state index in [9.17, 15) is 0 Å². The molecule has 1 rings (SSSR count). The van der Waals surface area contributed by atoms with Crippen LogP contribution in [0.25, 0.3) is 0 Å². The van der Waals surface area contributed by atoms with Crippen molar-refractivity contribution in [2.75, 3.05) is 6.61 Å². The Bertz CT molecular complexity index is 65.9. The van der Waals surface area contributed by atoms with Crippen LogP contribution in [0, 0.1) is 0 Å². The summed E-state index contributed by atoms with van der Waals surface area (Å²) in [6.45, 7) is 0.930. The average Bonchev–Trinajstić information content (AvgIpc) is 2.21. The molecule has 2 heteroatoms. The van der Waals surface area contributed by atoms with Gasteiger partial charge in [0.25, 0.3) is 0 Å². The predicted octanol–water partition coefficient (Wildman–Crippen LogP) is 1.33. The molecule has 0 amide bonds. The second-order valence-electron chi connectivity index (χ2n) is 1.19. The normalized spacial score (nSPS) is 31.8. The molecule has 0 aromatic carbocycles. The fraction of sp³-hybridized carbons (Fsp3) is 0.500. The van der Waals surface area contributed by atoms with Crippen LogP contribution in [0.1, 0.15) is 0 Å². The van der Waals surface area contributed by atoms with E-state index in [2.05, 4.69) is 22.6 Å². The molecule has 1 aliphatic rings. The molecule has 0 radical (unpaired) electrons. The molecule has 34 valence electrons. The van der Waals surface area contributed by atoms with Crippen LogP contribution in [0.4, 0.5) is 0 Å². The first-order valence-corrected chi connectivity index (χ1v) is 3.06. The molecule has 1 saturated heterocycles. The molecule has 0 aromatic heterocycles. The molecule has 0 bridgehead atoms. The van der Waals surface area contributed by atoms with Crippen molar-refractivity contribution in [2.24, 2.45) is 0 Å². The van der Waals surface area contributed by atoms with Gasteiger partial charge in [-0.2, -0.15) is 0 Å². The van der Waals surface area contributed by atoms with Gasteiger partial charge in [0.1, 0.15) is 0 Å². The second kappa shape index (κ2) is 1.93. The van der Waals surface area contributed by atoms with Crippen molar-refractivity contribution in [1.82, 2.24) is 0 Å². The molecule has 1 aliphatic heterocycles. The fourth-order valence-corrected chi connectivity index (χ4v) is 0.711. The molecule has 0 saturated carbocycles. The SMILES string of the molecule is I/C=C/C1CO1. The van der Waals surface area contributed by atoms with Crippen molar-refractivity contribution in [2.45, 2.75) is 6.10 Å². The Balaban J connectivity index is 2.15. The Morgan fingerprint density at radius 1 is 1.83 bits per heavy atom. The van der Waals surface area contributed by atoms with Gasteiger partial charge in [-0.3, -0.25) is 0 Å². The molecule has 0 spiro atoms. The summed E-state index contributed by atoms with van der Waals surface area (Å²) in [5.74, 6) is 0. The first-order chi connectivity index (χ1) is 2.93. The third-order valence-electron chi connectivity index (χ3n) is 0.647. The van der Waals surface area contributed by atoms with E-state index < -0.39 is 0 Å². The quantitative estimate of drug-likeness (QED) is 0.455. The maximum absolute atomic E-state index is 4.86. The van der Waals surface area contributed by atoms with E-state index >= 15 is 0 Å². The number of halogens is 1. The lowest BCUT2D eigenvalue weighted by Crippen LogP contribution is -1.67. The van der Waals surface area contributed by atoms with Gasteiger partial charge < -0.3 is 4.74 Å². The maximum atomic E-state index is 4.86. The lowest BCUT2D eigenvalue weighted by molar-refractivity contribution is 0.440. The van der Waals surface area contributed by atoms with Gasteiger partial charge in [0.05, 0.1) is 12.7 Å². The van der Waals surface area contributed by atoms with Gasteiger partial charge in [-0.05, 0) is 10.2 Å². The second-order valence-corrected chi connectivity index (χ2v) is 1.91. The minimum absolute atomic E-state index is 0.460. The van der Waals surface area contributed by atoms with Gasteiger partial charge in [0.2, 0.25) is 0 Å². The van der Waals surface area contributed by atoms with Crippen molar-refractivity contribution < 1.29 is 4.74 Å². The van der Waals surface area contributed by atoms with Crippen LogP contribution >= 0.6 is 22.6 Å². The highest BCUT2D eigenvalue weighted by molar-refractivity contribution is 14.1. The molecule has 6 heavy (non-hydrogen) atoms. The predicted molar refractivity (Wildman–Crippen MR) is 32.9 cm³/mol. The summed E-state index contributed by atoms with van der Waals surface area (Å²) in [5.41, 5.74) is 0. The van der Waals surface area contributed by atoms with E-state index in [4.69, 9.17) is 4.74 Å². The molecule has 0 aromatic rings. The lowest BCUT2D eigenvalue weighted by Gasteiger charge is -1.65. The van der Waals surface area contributed by atoms with Crippen LogP contribution in [0.5, 0.6) is 0 Å². The highest BCUT2D eigenvalue weighted by atomic mass is 127. The van der Waals surface area contributed by atoms with E-state index in [1.807, 2.05) is 10.2 Å². The molecule has 1 nitrogen and oxygen atoms in total. The van der Waals surface area contributed by atoms with Crippen LogP contribution < -0.4 is 0 Å². The summed E-state index contributed by atoms with van der Waals surface area (Å²) in [6.07, 6.45) is 2.50. The van der Waals surface area contributed by atoms with Crippen LogP contribution in [-0.2, 0) is 4.74 Å². The van der Waals surface area contributed by atoms with Crippen molar-refractivity contribution in [3.63, 3.8) is 0 Å².